The normalized spacial score (nSPS) is 11.0. The molecule has 1 aromatic rings. The van der Waals surface area contributed by atoms with E-state index < -0.39 is 0 Å². The Bertz CT molecular complexity index is 377. The highest BCUT2D eigenvalue weighted by molar-refractivity contribution is 5.41. The Morgan fingerprint density at radius 3 is 2.50 bits per heavy atom. The Balaban J connectivity index is 2.68. The molecule has 102 valence electrons. The lowest BCUT2D eigenvalue weighted by Crippen LogP contribution is -2.22. The van der Waals surface area contributed by atoms with E-state index in [1.54, 1.807) is 7.11 Å². The van der Waals surface area contributed by atoms with Crippen LogP contribution in [0.4, 0.5) is 0 Å². The molecule has 18 heavy (non-hydrogen) atoms. The predicted octanol–water partition coefficient (Wildman–Crippen LogP) is 2.35. The van der Waals surface area contributed by atoms with Gasteiger partial charge in [0.1, 0.15) is 5.75 Å². The molecule has 0 atom stereocenters. The number of methoxy groups -OCH3 is 1. The molecule has 0 spiro atoms. The average molecular weight is 250 g/mol. The topological polar surface area (TPSA) is 24.5 Å². The lowest BCUT2D eigenvalue weighted by molar-refractivity contribution is 0.312. The van der Waals surface area contributed by atoms with Crippen LogP contribution < -0.4 is 10.1 Å². The molecule has 3 nitrogen and oxygen atoms in total. The SMILES string of the molecule is CNCCCN(C)Cc1cc(C)c(C)cc1OC. The second kappa shape index (κ2) is 7.39. The fourth-order valence-corrected chi connectivity index (χ4v) is 2.06. The summed E-state index contributed by atoms with van der Waals surface area (Å²) in [5, 5.41) is 3.17. The van der Waals surface area contributed by atoms with E-state index in [1.807, 2.05) is 7.05 Å². The van der Waals surface area contributed by atoms with Gasteiger partial charge in [-0.15, -0.1) is 0 Å². The van der Waals surface area contributed by atoms with Crippen molar-refractivity contribution in [2.75, 3.05) is 34.3 Å². The molecule has 0 aromatic heterocycles. The van der Waals surface area contributed by atoms with Crippen LogP contribution in [0.25, 0.3) is 0 Å². The van der Waals surface area contributed by atoms with Crippen LogP contribution in [0.3, 0.4) is 0 Å². The highest BCUT2D eigenvalue weighted by Crippen LogP contribution is 2.24. The summed E-state index contributed by atoms with van der Waals surface area (Å²) in [6, 6.07) is 4.37. The van der Waals surface area contributed by atoms with Gasteiger partial charge in [0.25, 0.3) is 0 Å². The minimum Gasteiger partial charge on any atom is -0.496 e. The summed E-state index contributed by atoms with van der Waals surface area (Å²) in [6.07, 6.45) is 1.17. The lowest BCUT2D eigenvalue weighted by atomic mass is 10.0. The van der Waals surface area contributed by atoms with Crippen molar-refractivity contribution in [3.8, 4) is 5.75 Å². The van der Waals surface area contributed by atoms with Crippen molar-refractivity contribution < 1.29 is 4.74 Å². The Morgan fingerprint density at radius 1 is 1.22 bits per heavy atom. The summed E-state index contributed by atoms with van der Waals surface area (Å²) in [6.45, 7) is 7.37. The first-order valence-corrected chi connectivity index (χ1v) is 6.55. The Labute approximate surface area is 111 Å². The van der Waals surface area contributed by atoms with Gasteiger partial charge in [-0.3, -0.25) is 0 Å². The summed E-state index contributed by atoms with van der Waals surface area (Å²) < 4.78 is 5.47. The molecule has 0 saturated carbocycles. The van der Waals surface area contributed by atoms with Crippen molar-refractivity contribution in [3.05, 3.63) is 28.8 Å². The van der Waals surface area contributed by atoms with Gasteiger partial charge < -0.3 is 15.0 Å². The molecule has 0 amide bonds. The highest BCUT2D eigenvalue weighted by Gasteiger charge is 2.08. The van der Waals surface area contributed by atoms with Gasteiger partial charge in [0.05, 0.1) is 7.11 Å². The van der Waals surface area contributed by atoms with E-state index in [0.29, 0.717) is 0 Å². The van der Waals surface area contributed by atoms with Gasteiger partial charge in [-0.05, 0) is 64.6 Å². The molecular formula is C15H26N2O. The lowest BCUT2D eigenvalue weighted by Gasteiger charge is -2.19. The molecule has 0 unspecified atom stereocenters. The van der Waals surface area contributed by atoms with Crippen LogP contribution in [0.5, 0.6) is 5.75 Å². The predicted molar refractivity (Wildman–Crippen MR) is 77.3 cm³/mol. The first-order chi connectivity index (χ1) is 8.58. The van der Waals surface area contributed by atoms with Crippen molar-refractivity contribution in [1.29, 1.82) is 0 Å². The van der Waals surface area contributed by atoms with Crippen molar-refractivity contribution in [1.82, 2.24) is 10.2 Å². The number of hydrogen-bond acceptors (Lipinski definition) is 3. The van der Waals surface area contributed by atoms with Crippen LogP contribution in [0.1, 0.15) is 23.1 Å². The fraction of sp³-hybridized carbons (Fsp3) is 0.600. The largest absolute Gasteiger partial charge is 0.496 e. The molecule has 0 bridgehead atoms. The summed E-state index contributed by atoms with van der Waals surface area (Å²) in [5.41, 5.74) is 3.88. The molecule has 1 rings (SSSR count). The average Bonchev–Trinajstić information content (AvgIpc) is 2.34. The quantitative estimate of drug-likeness (QED) is 0.752. The molecule has 0 aliphatic rings. The number of nitrogens with zero attached hydrogens (tertiary/aromatic N) is 1. The van der Waals surface area contributed by atoms with E-state index in [-0.39, 0.29) is 0 Å². The van der Waals surface area contributed by atoms with Crippen LogP contribution in [0, 0.1) is 13.8 Å². The highest BCUT2D eigenvalue weighted by atomic mass is 16.5. The van der Waals surface area contributed by atoms with Crippen LogP contribution in [-0.4, -0.2) is 39.2 Å². The molecule has 0 aliphatic heterocycles. The minimum atomic E-state index is 0.938. The first-order valence-electron chi connectivity index (χ1n) is 6.55. The number of nitrogens with one attached hydrogen (secondary N) is 1. The second-order valence-electron chi connectivity index (χ2n) is 4.94. The number of rotatable bonds is 7. The van der Waals surface area contributed by atoms with Crippen molar-refractivity contribution in [2.45, 2.75) is 26.8 Å². The van der Waals surface area contributed by atoms with E-state index in [0.717, 1.165) is 25.4 Å². The molecule has 1 aromatic carbocycles. The summed E-state index contributed by atoms with van der Waals surface area (Å²) in [5.74, 6) is 0.999. The number of benzene rings is 1. The van der Waals surface area contributed by atoms with Gasteiger partial charge in [-0.2, -0.15) is 0 Å². The first kappa shape index (κ1) is 15.0. The monoisotopic (exact) mass is 250 g/mol. The molecule has 0 aliphatic carbocycles. The van der Waals surface area contributed by atoms with Gasteiger partial charge in [0.15, 0.2) is 0 Å². The van der Waals surface area contributed by atoms with Gasteiger partial charge in [-0.1, -0.05) is 6.07 Å². The standard InChI is InChI=1S/C15H26N2O/c1-12-9-14(15(18-5)10-13(12)2)11-17(4)8-6-7-16-3/h9-10,16H,6-8,11H2,1-5H3. The van der Waals surface area contributed by atoms with E-state index >= 15 is 0 Å². The van der Waals surface area contributed by atoms with Crippen molar-refractivity contribution >= 4 is 0 Å². The number of ether oxygens (including phenoxy) is 1. The zero-order chi connectivity index (χ0) is 13.5. The maximum absolute atomic E-state index is 5.47. The van der Waals surface area contributed by atoms with E-state index in [2.05, 4.69) is 43.2 Å². The summed E-state index contributed by atoms with van der Waals surface area (Å²) in [4.78, 5) is 2.34. The van der Waals surface area contributed by atoms with E-state index in [1.165, 1.54) is 23.1 Å². The third-order valence-corrected chi connectivity index (χ3v) is 3.30. The van der Waals surface area contributed by atoms with Gasteiger partial charge >= 0.3 is 0 Å². The zero-order valence-electron chi connectivity index (χ0n) is 12.3. The van der Waals surface area contributed by atoms with Crippen LogP contribution in [-0.2, 0) is 6.54 Å². The molecule has 0 fully saturated rings. The van der Waals surface area contributed by atoms with Gasteiger partial charge in [0.2, 0.25) is 0 Å². The van der Waals surface area contributed by atoms with Gasteiger partial charge in [-0.25, -0.2) is 0 Å². The molecule has 0 heterocycles. The molecule has 0 saturated heterocycles. The van der Waals surface area contributed by atoms with Crippen LogP contribution in [0.2, 0.25) is 0 Å². The molecular weight excluding hydrogens is 224 g/mol. The van der Waals surface area contributed by atoms with Gasteiger partial charge in [0, 0.05) is 12.1 Å². The number of aryl methyl sites for hydroxylation is 2. The summed E-state index contributed by atoms with van der Waals surface area (Å²) >= 11 is 0. The molecule has 3 heteroatoms. The third kappa shape index (κ3) is 4.31. The Morgan fingerprint density at radius 2 is 1.89 bits per heavy atom. The Kier molecular flexibility index (Phi) is 6.16. The third-order valence-electron chi connectivity index (χ3n) is 3.30. The van der Waals surface area contributed by atoms with E-state index in [4.69, 9.17) is 4.74 Å². The summed E-state index contributed by atoms with van der Waals surface area (Å²) in [7, 11) is 5.89. The Hall–Kier alpha value is -1.06. The second-order valence-corrected chi connectivity index (χ2v) is 4.94. The van der Waals surface area contributed by atoms with Crippen molar-refractivity contribution in [2.24, 2.45) is 0 Å². The van der Waals surface area contributed by atoms with Crippen LogP contribution in [0.15, 0.2) is 12.1 Å². The maximum atomic E-state index is 5.47. The number of hydrogen-bond donors (Lipinski definition) is 1. The van der Waals surface area contributed by atoms with Crippen LogP contribution >= 0.6 is 0 Å². The maximum Gasteiger partial charge on any atom is 0.123 e. The fourth-order valence-electron chi connectivity index (χ4n) is 2.06. The molecule has 0 radical (unpaired) electrons. The zero-order valence-corrected chi connectivity index (χ0v) is 12.3. The smallest absolute Gasteiger partial charge is 0.123 e. The minimum absolute atomic E-state index is 0.938. The molecule has 1 N–H and O–H groups in total. The van der Waals surface area contributed by atoms with E-state index in [9.17, 15) is 0 Å². The van der Waals surface area contributed by atoms with Crippen molar-refractivity contribution in [3.63, 3.8) is 0 Å².